The number of nitrogens with one attached hydrogen (secondary N) is 1. The van der Waals surface area contributed by atoms with Gasteiger partial charge < -0.3 is 4.74 Å². The summed E-state index contributed by atoms with van der Waals surface area (Å²) in [6.45, 7) is 4.39. The van der Waals surface area contributed by atoms with E-state index in [2.05, 4.69) is 21.9 Å². The maximum Gasteiger partial charge on any atom is 0.343 e. The van der Waals surface area contributed by atoms with Gasteiger partial charge in [-0.3, -0.25) is 9.36 Å². The Balaban J connectivity index is 2.77. The van der Waals surface area contributed by atoms with Gasteiger partial charge in [0.2, 0.25) is 0 Å². The summed E-state index contributed by atoms with van der Waals surface area (Å²) in [6, 6.07) is 0. The van der Waals surface area contributed by atoms with Crippen LogP contribution in [0, 0.1) is 0 Å². The van der Waals surface area contributed by atoms with Crippen molar-refractivity contribution >= 4 is 17.7 Å². The molecule has 0 saturated carbocycles. The molecule has 1 N–H and O–H groups in total. The number of aromatic nitrogens is 3. The van der Waals surface area contributed by atoms with Crippen LogP contribution in [0.1, 0.15) is 26.7 Å². The number of aromatic amines is 1. The second kappa shape index (κ2) is 6.48. The third-order valence-electron chi connectivity index (χ3n) is 2.27. The predicted octanol–water partition coefficient (Wildman–Crippen LogP) is 1.03. The van der Waals surface area contributed by atoms with Gasteiger partial charge in [0.1, 0.15) is 5.25 Å². The summed E-state index contributed by atoms with van der Waals surface area (Å²) in [7, 11) is 1.34. The second-order valence-corrected chi connectivity index (χ2v) is 4.91. The van der Waals surface area contributed by atoms with E-state index < -0.39 is 0 Å². The SMILES string of the molecule is CCCCn1c(SC(C)C(=O)OC)n[nH]c1=O. The fraction of sp³-hybridized carbons (Fsp3) is 0.700. The summed E-state index contributed by atoms with van der Waals surface area (Å²) in [4.78, 5) is 22.8. The summed E-state index contributed by atoms with van der Waals surface area (Å²) in [5.41, 5.74) is -0.238. The minimum atomic E-state index is -0.379. The zero-order chi connectivity index (χ0) is 12.8. The number of methoxy groups -OCH3 is 1. The molecular weight excluding hydrogens is 242 g/mol. The van der Waals surface area contributed by atoms with Gasteiger partial charge in [-0.05, 0) is 13.3 Å². The Bertz CT molecular complexity index is 427. The van der Waals surface area contributed by atoms with E-state index in [0.29, 0.717) is 11.7 Å². The molecular formula is C10H17N3O3S. The molecule has 1 rings (SSSR count). The van der Waals surface area contributed by atoms with Crippen LogP contribution in [0.2, 0.25) is 0 Å². The van der Waals surface area contributed by atoms with E-state index >= 15 is 0 Å². The number of ether oxygens (including phenoxy) is 1. The van der Waals surface area contributed by atoms with Crippen molar-refractivity contribution in [2.75, 3.05) is 7.11 Å². The second-order valence-electron chi connectivity index (χ2n) is 3.60. The van der Waals surface area contributed by atoms with Crippen LogP contribution in [0.25, 0.3) is 0 Å². The number of rotatable bonds is 6. The van der Waals surface area contributed by atoms with Crippen molar-refractivity contribution < 1.29 is 9.53 Å². The quantitative estimate of drug-likeness (QED) is 0.610. The zero-order valence-electron chi connectivity index (χ0n) is 10.2. The fourth-order valence-electron chi connectivity index (χ4n) is 1.28. The predicted molar refractivity (Wildman–Crippen MR) is 65.1 cm³/mol. The summed E-state index contributed by atoms with van der Waals surface area (Å²) < 4.78 is 6.18. The third-order valence-corrected chi connectivity index (χ3v) is 3.34. The molecule has 1 atom stereocenters. The highest BCUT2D eigenvalue weighted by Crippen LogP contribution is 2.20. The summed E-state index contributed by atoms with van der Waals surface area (Å²) in [5.74, 6) is -0.326. The van der Waals surface area contributed by atoms with E-state index in [1.165, 1.54) is 18.9 Å². The van der Waals surface area contributed by atoms with Gasteiger partial charge in [0.05, 0.1) is 7.11 Å². The Morgan fingerprint density at radius 2 is 2.35 bits per heavy atom. The summed E-state index contributed by atoms with van der Waals surface area (Å²) in [6.07, 6.45) is 1.90. The van der Waals surface area contributed by atoms with Crippen LogP contribution in [0.3, 0.4) is 0 Å². The number of nitrogens with zero attached hydrogens (tertiary/aromatic N) is 2. The average molecular weight is 259 g/mol. The number of unbranched alkanes of at least 4 members (excludes halogenated alkanes) is 1. The minimum Gasteiger partial charge on any atom is -0.468 e. The molecule has 1 aromatic heterocycles. The molecule has 0 spiro atoms. The van der Waals surface area contributed by atoms with Gasteiger partial charge in [-0.25, -0.2) is 9.89 Å². The van der Waals surface area contributed by atoms with Gasteiger partial charge in [-0.15, -0.1) is 5.10 Å². The van der Waals surface area contributed by atoms with Crippen LogP contribution in [-0.2, 0) is 16.1 Å². The molecule has 0 fully saturated rings. The molecule has 17 heavy (non-hydrogen) atoms. The van der Waals surface area contributed by atoms with E-state index in [4.69, 9.17) is 0 Å². The molecule has 0 aliphatic carbocycles. The standard InChI is InChI=1S/C10H17N3O3S/c1-4-5-6-13-9(15)11-12-10(13)17-7(2)8(14)16-3/h7H,4-6H2,1-3H3,(H,11,15). The van der Waals surface area contributed by atoms with E-state index in [0.717, 1.165) is 12.8 Å². The highest BCUT2D eigenvalue weighted by Gasteiger charge is 2.18. The van der Waals surface area contributed by atoms with Crippen molar-refractivity contribution in [1.29, 1.82) is 0 Å². The molecule has 0 amide bonds. The molecule has 1 unspecified atom stereocenters. The first kappa shape index (κ1) is 13.8. The molecule has 1 heterocycles. The smallest absolute Gasteiger partial charge is 0.343 e. The largest absolute Gasteiger partial charge is 0.468 e. The Hall–Kier alpha value is -1.24. The molecule has 0 aliphatic rings. The lowest BCUT2D eigenvalue weighted by atomic mass is 10.3. The van der Waals surface area contributed by atoms with E-state index in [-0.39, 0.29) is 16.9 Å². The van der Waals surface area contributed by atoms with Crippen LogP contribution < -0.4 is 5.69 Å². The molecule has 0 aromatic carbocycles. The number of carbonyl (C=O) groups excluding carboxylic acids is 1. The van der Waals surface area contributed by atoms with Crippen LogP contribution in [0.15, 0.2) is 9.95 Å². The average Bonchev–Trinajstić information content (AvgIpc) is 2.66. The Kier molecular flexibility index (Phi) is 5.27. The van der Waals surface area contributed by atoms with E-state index in [9.17, 15) is 9.59 Å². The van der Waals surface area contributed by atoms with Gasteiger partial charge >= 0.3 is 11.7 Å². The Morgan fingerprint density at radius 3 is 2.94 bits per heavy atom. The topological polar surface area (TPSA) is 77.0 Å². The number of H-pyrrole nitrogens is 1. The Morgan fingerprint density at radius 1 is 1.65 bits per heavy atom. The first-order valence-electron chi connectivity index (χ1n) is 5.49. The lowest BCUT2D eigenvalue weighted by molar-refractivity contribution is -0.139. The molecule has 96 valence electrons. The number of hydrogen-bond donors (Lipinski definition) is 1. The van der Waals surface area contributed by atoms with Crippen molar-refractivity contribution in [1.82, 2.24) is 14.8 Å². The van der Waals surface area contributed by atoms with Gasteiger partial charge in [-0.1, -0.05) is 25.1 Å². The van der Waals surface area contributed by atoms with Gasteiger partial charge in [0.15, 0.2) is 5.16 Å². The van der Waals surface area contributed by atoms with Gasteiger partial charge in [0.25, 0.3) is 0 Å². The maximum atomic E-state index is 11.5. The van der Waals surface area contributed by atoms with Crippen molar-refractivity contribution in [2.24, 2.45) is 0 Å². The number of carbonyl (C=O) groups is 1. The highest BCUT2D eigenvalue weighted by atomic mass is 32.2. The van der Waals surface area contributed by atoms with Crippen LogP contribution in [0.4, 0.5) is 0 Å². The minimum absolute atomic E-state index is 0.238. The molecule has 6 nitrogen and oxygen atoms in total. The van der Waals surface area contributed by atoms with Crippen LogP contribution in [0.5, 0.6) is 0 Å². The highest BCUT2D eigenvalue weighted by molar-refractivity contribution is 8.00. The number of thioether (sulfide) groups is 1. The monoisotopic (exact) mass is 259 g/mol. The molecule has 1 aromatic rings. The van der Waals surface area contributed by atoms with Crippen LogP contribution >= 0.6 is 11.8 Å². The molecule has 0 radical (unpaired) electrons. The summed E-state index contributed by atoms with van der Waals surface area (Å²) in [5, 5.41) is 6.45. The van der Waals surface area contributed by atoms with E-state index in [1.54, 1.807) is 11.5 Å². The molecule has 0 bridgehead atoms. The summed E-state index contributed by atoms with van der Waals surface area (Å²) >= 11 is 1.22. The van der Waals surface area contributed by atoms with E-state index in [1.807, 2.05) is 0 Å². The normalized spacial score (nSPS) is 12.4. The van der Waals surface area contributed by atoms with Gasteiger partial charge in [-0.2, -0.15) is 0 Å². The lowest BCUT2D eigenvalue weighted by Gasteiger charge is -2.08. The first-order valence-corrected chi connectivity index (χ1v) is 6.37. The molecule has 7 heteroatoms. The van der Waals surface area contributed by atoms with Crippen LogP contribution in [-0.4, -0.2) is 33.1 Å². The van der Waals surface area contributed by atoms with Crippen molar-refractivity contribution in [3.05, 3.63) is 10.5 Å². The zero-order valence-corrected chi connectivity index (χ0v) is 11.0. The van der Waals surface area contributed by atoms with Crippen molar-refractivity contribution in [3.63, 3.8) is 0 Å². The fourth-order valence-corrected chi connectivity index (χ4v) is 2.19. The molecule has 0 aliphatic heterocycles. The molecule has 0 saturated heterocycles. The number of hydrogen-bond acceptors (Lipinski definition) is 5. The maximum absolute atomic E-state index is 11.5. The van der Waals surface area contributed by atoms with Crippen molar-refractivity contribution in [2.45, 2.75) is 43.6 Å². The van der Waals surface area contributed by atoms with Crippen molar-refractivity contribution in [3.8, 4) is 0 Å². The first-order chi connectivity index (χ1) is 8.10. The lowest BCUT2D eigenvalue weighted by Crippen LogP contribution is -2.20. The number of esters is 1. The Labute approximate surface area is 104 Å². The third kappa shape index (κ3) is 3.62. The van der Waals surface area contributed by atoms with Gasteiger partial charge in [0, 0.05) is 6.54 Å².